The molecule has 3 aromatic heterocycles. The molecule has 3 heterocycles. The molecule has 9 rings (SSSR count). The van der Waals surface area contributed by atoms with Crippen molar-refractivity contribution in [2.75, 3.05) is 0 Å². The van der Waals surface area contributed by atoms with Gasteiger partial charge in [-0.1, -0.05) is 118 Å². The van der Waals surface area contributed by atoms with E-state index in [9.17, 15) is 5.11 Å². The first-order valence-electron chi connectivity index (χ1n) is 17.2. The molecule has 0 bridgehead atoms. The molecule has 0 spiro atoms. The van der Waals surface area contributed by atoms with Gasteiger partial charge >= 0.3 is 0 Å². The second kappa shape index (κ2) is 11.9. The third kappa shape index (κ3) is 5.17. The number of aromatic hydroxyl groups is 1. The van der Waals surface area contributed by atoms with E-state index in [2.05, 4.69) is 116 Å². The number of aromatic nitrogens is 3. The molecule has 0 unspecified atom stereocenters. The molecule has 0 radical (unpaired) electrons. The summed E-state index contributed by atoms with van der Waals surface area (Å²) in [6.07, 6.45) is 1.85. The molecule has 246 valence electrons. The molecule has 0 amide bonds. The number of nitrogens with zero attached hydrogens (tertiary/aromatic N) is 3. The zero-order chi connectivity index (χ0) is 34.7. The minimum atomic E-state index is -0.0423. The maximum Gasteiger partial charge on any atom is 0.161 e. The van der Waals surface area contributed by atoms with Crippen molar-refractivity contribution in [3.05, 3.63) is 157 Å². The lowest BCUT2D eigenvalue weighted by Gasteiger charge is -2.23. The largest absolute Gasteiger partial charge is 0.507 e. The summed E-state index contributed by atoms with van der Waals surface area (Å²) in [5.74, 6) is 0.844. The Morgan fingerprint density at radius 1 is 0.608 bits per heavy atom. The van der Waals surface area contributed by atoms with Gasteiger partial charge in [0.1, 0.15) is 22.9 Å². The zero-order valence-corrected chi connectivity index (χ0v) is 28.6. The van der Waals surface area contributed by atoms with Crippen molar-refractivity contribution in [1.29, 1.82) is 0 Å². The van der Waals surface area contributed by atoms with Gasteiger partial charge in [-0.2, -0.15) is 0 Å². The van der Waals surface area contributed by atoms with E-state index < -0.39 is 0 Å². The highest BCUT2D eigenvalue weighted by Crippen LogP contribution is 2.42. The summed E-state index contributed by atoms with van der Waals surface area (Å²) in [6, 6.07) is 49.5. The summed E-state index contributed by atoms with van der Waals surface area (Å²) in [6.45, 7) is 6.71. The number of phenols is 1. The van der Waals surface area contributed by atoms with Gasteiger partial charge < -0.3 is 9.52 Å². The van der Waals surface area contributed by atoms with E-state index >= 15 is 0 Å². The fourth-order valence-corrected chi connectivity index (χ4v) is 7.16. The highest BCUT2D eigenvalue weighted by molar-refractivity contribution is 6.09. The second-order valence-electron chi connectivity index (χ2n) is 14.0. The van der Waals surface area contributed by atoms with Crippen molar-refractivity contribution >= 4 is 33.0 Å². The highest BCUT2D eigenvalue weighted by Gasteiger charge is 2.24. The lowest BCUT2D eigenvalue weighted by Crippen LogP contribution is -2.12. The van der Waals surface area contributed by atoms with Crippen LogP contribution in [-0.4, -0.2) is 19.6 Å². The normalized spacial score (nSPS) is 11.9. The number of hydrogen-bond donors (Lipinski definition) is 1. The first-order chi connectivity index (χ1) is 24.8. The lowest BCUT2D eigenvalue weighted by atomic mass is 9.85. The van der Waals surface area contributed by atoms with Crippen molar-refractivity contribution in [2.45, 2.75) is 26.2 Å². The van der Waals surface area contributed by atoms with Crippen LogP contribution in [0, 0.1) is 0 Å². The predicted octanol–water partition coefficient (Wildman–Crippen LogP) is 12.0. The van der Waals surface area contributed by atoms with Gasteiger partial charge in [-0.15, -0.1) is 0 Å². The standard InChI is InChI=1S/C46H35N3O2/c1-46(2,3)32-23-24-38(37(28-32)29-13-5-4-6-14-29)49-39-20-12-19-33(43(39)48-45(49)36-18-7-9-21-40(36)50)30-15-11-16-31(27-30)42-44-35(25-26-47-42)34-17-8-10-22-41(34)51-44/h4-28,50H,1-3H3. The van der Waals surface area contributed by atoms with Gasteiger partial charge in [0.15, 0.2) is 5.58 Å². The van der Waals surface area contributed by atoms with E-state index in [-0.39, 0.29) is 11.2 Å². The molecule has 0 fully saturated rings. The molecule has 1 N–H and O–H groups in total. The Labute approximate surface area is 296 Å². The van der Waals surface area contributed by atoms with Gasteiger partial charge in [-0.25, -0.2) is 4.98 Å². The van der Waals surface area contributed by atoms with Crippen LogP contribution >= 0.6 is 0 Å². The van der Waals surface area contributed by atoms with Gasteiger partial charge in [0, 0.05) is 33.7 Å². The quantitative estimate of drug-likeness (QED) is 0.199. The Hall–Kier alpha value is -6.46. The number of para-hydroxylation sites is 3. The second-order valence-corrected chi connectivity index (χ2v) is 14.0. The van der Waals surface area contributed by atoms with Crippen LogP contribution in [0.15, 0.2) is 156 Å². The molecule has 0 atom stereocenters. The summed E-state index contributed by atoms with van der Waals surface area (Å²) in [5.41, 5.74) is 12.2. The smallest absolute Gasteiger partial charge is 0.161 e. The number of rotatable bonds is 5. The number of pyridine rings is 1. The van der Waals surface area contributed by atoms with Crippen molar-refractivity contribution in [3.8, 4) is 56.3 Å². The van der Waals surface area contributed by atoms with Crippen LogP contribution < -0.4 is 0 Å². The Kier molecular flexibility index (Phi) is 7.11. The van der Waals surface area contributed by atoms with E-state index in [0.717, 1.165) is 72.2 Å². The fraction of sp³-hybridized carbons (Fsp3) is 0.0870. The molecule has 0 saturated heterocycles. The Morgan fingerprint density at radius 3 is 2.18 bits per heavy atom. The SMILES string of the molecule is CC(C)(C)c1ccc(-n2c(-c3ccccc3O)nc3c(-c4cccc(-c5nccc6c5oc5ccccc56)c4)cccc32)c(-c2ccccc2)c1. The number of phenolic OH excluding ortho intramolecular Hbond substituents is 1. The van der Waals surface area contributed by atoms with Crippen LogP contribution in [0.25, 0.3) is 83.6 Å². The summed E-state index contributed by atoms with van der Waals surface area (Å²) in [4.78, 5) is 10.2. The average Bonchev–Trinajstić information content (AvgIpc) is 3.74. The third-order valence-electron chi connectivity index (χ3n) is 9.76. The first kappa shape index (κ1) is 30.6. The van der Waals surface area contributed by atoms with Crippen LogP contribution in [0.2, 0.25) is 0 Å². The monoisotopic (exact) mass is 661 g/mol. The minimum Gasteiger partial charge on any atom is -0.507 e. The van der Waals surface area contributed by atoms with E-state index in [4.69, 9.17) is 14.4 Å². The van der Waals surface area contributed by atoms with Crippen LogP contribution in [0.5, 0.6) is 5.75 Å². The Balaban J connectivity index is 1.29. The Bertz CT molecular complexity index is 2750. The van der Waals surface area contributed by atoms with Gasteiger partial charge in [-0.05, 0) is 70.6 Å². The summed E-state index contributed by atoms with van der Waals surface area (Å²) in [5, 5.41) is 13.3. The molecule has 9 aromatic rings. The minimum absolute atomic E-state index is 0.0423. The first-order valence-corrected chi connectivity index (χ1v) is 17.2. The van der Waals surface area contributed by atoms with Gasteiger partial charge in [0.25, 0.3) is 0 Å². The highest BCUT2D eigenvalue weighted by atomic mass is 16.3. The van der Waals surface area contributed by atoms with Crippen molar-refractivity contribution in [2.24, 2.45) is 0 Å². The van der Waals surface area contributed by atoms with Gasteiger partial charge in [0.2, 0.25) is 0 Å². The molecule has 0 aliphatic heterocycles. The number of fused-ring (bicyclic) bond motifs is 4. The maximum atomic E-state index is 11.2. The summed E-state index contributed by atoms with van der Waals surface area (Å²) in [7, 11) is 0. The van der Waals surface area contributed by atoms with Gasteiger partial charge in [0.05, 0.1) is 22.3 Å². The number of hydrogen-bond acceptors (Lipinski definition) is 4. The molecule has 5 nitrogen and oxygen atoms in total. The third-order valence-corrected chi connectivity index (χ3v) is 9.76. The lowest BCUT2D eigenvalue weighted by molar-refractivity contribution is 0.477. The molecule has 51 heavy (non-hydrogen) atoms. The van der Waals surface area contributed by atoms with E-state index in [1.165, 1.54) is 5.56 Å². The van der Waals surface area contributed by atoms with Crippen molar-refractivity contribution in [1.82, 2.24) is 14.5 Å². The molecular weight excluding hydrogens is 627 g/mol. The van der Waals surface area contributed by atoms with E-state index in [1.54, 1.807) is 6.07 Å². The predicted molar refractivity (Wildman–Crippen MR) is 208 cm³/mol. The summed E-state index contributed by atoms with van der Waals surface area (Å²) >= 11 is 0. The average molecular weight is 662 g/mol. The summed E-state index contributed by atoms with van der Waals surface area (Å²) < 4.78 is 8.55. The number of imidazole rings is 1. The van der Waals surface area contributed by atoms with Crippen LogP contribution in [0.3, 0.4) is 0 Å². The molecule has 6 aromatic carbocycles. The zero-order valence-electron chi connectivity index (χ0n) is 28.6. The maximum absolute atomic E-state index is 11.2. The topological polar surface area (TPSA) is 64.1 Å². The fourth-order valence-electron chi connectivity index (χ4n) is 7.16. The van der Waals surface area contributed by atoms with Crippen LogP contribution in [-0.2, 0) is 5.41 Å². The van der Waals surface area contributed by atoms with Crippen molar-refractivity contribution < 1.29 is 9.52 Å². The van der Waals surface area contributed by atoms with E-state index in [1.807, 2.05) is 54.7 Å². The Morgan fingerprint density at radius 2 is 1.33 bits per heavy atom. The molecular formula is C46H35N3O2. The number of benzene rings is 6. The molecule has 0 aliphatic carbocycles. The molecule has 0 saturated carbocycles. The molecule has 5 heteroatoms. The van der Waals surface area contributed by atoms with Gasteiger partial charge in [-0.3, -0.25) is 9.55 Å². The van der Waals surface area contributed by atoms with Crippen LogP contribution in [0.4, 0.5) is 0 Å². The van der Waals surface area contributed by atoms with Crippen molar-refractivity contribution in [3.63, 3.8) is 0 Å². The van der Waals surface area contributed by atoms with Crippen LogP contribution in [0.1, 0.15) is 26.3 Å². The van der Waals surface area contributed by atoms with E-state index in [0.29, 0.717) is 11.4 Å². The molecule has 0 aliphatic rings. The number of furan rings is 1.